The average Bonchev–Trinajstić information content (AvgIpc) is 2.80. The molecule has 0 N–H and O–H groups in total. The highest BCUT2D eigenvalue weighted by molar-refractivity contribution is 7.89. The van der Waals surface area contributed by atoms with E-state index in [2.05, 4.69) is 0 Å². The second kappa shape index (κ2) is 9.83. The molecule has 1 aliphatic rings. The highest BCUT2D eigenvalue weighted by Crippen LogP contribution is 2.38. The Bertz CT molecular complexity index is 966. The van der Waals surface area contributed by atoms with Gasteiger partial charge in [-0.25, -0.2) is 12.7 Å². The van der Waals surface area contributed by atoms with Crippen LogP contribution in [0, 0.1) is 6.92 Å². The number of likely N-dealkylation sites (N-methyl/N-ethyl adjacent to an activating group) is 1. The van der Waals surface area contributed by atoms with Crippen molar-refractivity contribution in [2.24, 2.45) is 0 Å². The van der Waals surface area contributed by atoms with Gasteiger partial charge in [0.25, 0.3) is 0 Å². The maximum atomic E-state index is 13.6. The average molecular weight is 445 g/mol. The first-order chi connectivity index (χ1) is 14.8. The molecule has 1 fully saturated rings. The van der Waals surface area contributed by atoms with Crippen LogP contribution >= 0.6 is 0 Å². The second-order valence-corrected chi connectivity index (χ2v) is 10.4. The van der Waals surface area contributed by atoms with Gasteiger partial charge in [0.15, 0.2) is 0 Å². The minimum absolute atomic E-state index is 0.0137. The lowest BCUT2D eigenvalue weighted by Gasteiger charge is -2.42. The molecule has 1 amide bonds. The fourth-order valence-electron chi connectivity index (χ4n) is 4.11. The molecule has 2 aromatic rings. The number of amides is 1. The van der Waals surface area contributed by atoms with Gasteiger partial charge in [-0.3, -0.25) is 4.79 Å². The van der Waals surface area contributed by atoms with Crippen molar-refractivity contribution in [2.45, 2.75) is 32.1 Å². The Kier molecular flexibility index (Phi) is 7.38. The van der Waals surface area contributed by atoms with Crippen LogP contribution < -0.4 is 4.74 Å². The minimum Gasteiger partial charge on any atom is -0.492 e. The van der Waals surface area contributed by atoms with Crippen molar-refractivity contribution < 1.29 is 17.9 Å². The first kappa shape index (κ1) is 23.3. The maximum absolute atomic E-state index is 13.6. The number of rotatable bonds is 8. The van der Waals surface area contributed by atoms with E-state index in [-0.39, 0.29) is 11.7 Å². The van der Waals surface area contributed by atoms with Crippen LogP contribution in [0.15, 0.2) is 54.6 Å². The summed E-state index contributed by atoms with van der Waals surface area (Å²) in [5, 5.41) is 0. The summed E-state index contributed by atoms with van der Waals surface area (Å²) in [5.41, 5.74) is 1.39. The molecular formula is C24H32N2O4S. The van der Waals surface area contributed by atoms with Crippen LogP contribution in [-0.2, 0) is 20.2 Å². The molecule has 0 aliphatic carbocycles. The van der Waals surface area contributed by atoms with Gasteiger partial charge in [-0.15, -0.1) is 0 Å². The zero-order valence-corrected chi connectivity index (χ0v) is 19.4. The van der Waals surface area contributed by atoms with E-state index in [4.69, 9.17) is 4.74 Å². The molecule has 7 heteroatoms. The van der Waals surface area contributed by atoms with E-state index in [1.807, 2.05) is 61.5 Å². The fourth-order valence-corrected chi connectivity index (χ4v) is 5.22. The molecule has 0 unspecified atom stereocenters. The molecular weight excluding hydrogens is 412 g/mol. The molecule has 31 heavy (non-hydrogen) atoms. The fraction of sp³-hybridized carbons (Fsp3) is 0.458. The molecule has 0 saturated carbocycles. The lowest BCUT2D eigenvalue weighted by atomic mass is 9.72. The summed E-state index contributed by atoms with van der Waals surface area (Å²) in [7, 11) is -1.47. The van der Waals surface area contributed by atoms with E-state index in [9.17, 15) is 13.2 Å². The SMILES string of the molecule is CCS(=O)(=O)N1CCC(C(=O)N(C)CCOc2ccc(C)cc2)(c2ccccc2)CC1. The van der Waals surface area contributed by atoms with E-state index < -0.39 is 15.4 Å². The van der Waals surface area contributed by atoms with Crippen molar-refractivity contribution in [3.05, 3.63) is 65.7 Å². The number of benzene rings is 2. The van der Waals surface area contributed by atoms with Gasteiger partial charge < -0.3 is 9.64 Å². The summed E-state index contributed by atoms with van der Waals surface area (Å²) in [6.45, 7) is 5.23. The number of sulfonamides is 1. The van der Waals surface area contributed by atoms with E-state index in [1.165, 1.54) is 9.87 Å². The van der Waals surface area contributed by atoms with Crippen molar-refractivity contribution in [1.29, 1.82) is 0 Å². The monoisotopic (exact) mass is 444 g/mol. The lowest BCUT2D eigenvalue weighted by molar-refractivity contribution is -0.138. The van der Waals surface area contributed by atoms with Crippen molar-refractivity contribution in [2.75, 3.05) is 39.0 Å². The van der Waals surface area contributed by atoms with Crippen LogP contribution in [0.1, 0.15) is 30.9 Å². The van der Waals surface area contributed by atoms with Crippen LogP contribution in [-0.4, -0.2) is 62.6 Å². The lowest BCUT2D eigenvalue weighted by Crippen LogP contribution is -2.53. The largest absolute Gasteiger partial charge is 0.492 e. The Morgan fingerprint density at radius 2 is 1.68 bits per heavy atom. The Hall–Kier alpha value is -2.38. The number of aryl methyl sites for hydroxylation is 1. The Morgan fingerprint density at radius 3 is 2.26 bits per heavy atom. The van der Waals surface area contributed by atoms with Gasteiger partial charge in [-0.2, -0.15) is 0 Å². The summed E-state index contributed by atoms with van der Waals surface area (Å²) in [5.74, 6) is 0.872. The summed E-state index contributed by atoms with van der Waals surface area (Å²) in [6, 6.07) is 17.6. The third-order valence-electron chi connectivity index (χ3n) is 6.13. The van der Waals surface area contributed by atoms with Gasteiger partial charge in [-0.05, 0) is 44.4 Å². The molecule has 0 radical (unpaired) electrons. The molecule has 6 nitrogen and oxygen atoms in total. The third-order valence-corrected chi connectivity index (χ3v) is 8.01. The number of nitrogens with zero attached hydrogens (tertiary/aromatic N) is 2. The van der Waals surface area contributed by atoms with Crippen molar-refractivity contribution >= 4 is 15.9 Å². The summed E-state index contributed by atoms with van der Waals surface area (Å²) in [4.78, 5) is 15.3. The van der Waals surface area contributed by atoms with E-state index in [0.717, 1.165) is 11.3 Å². The molecule has 1 heterocycles. The van der Waals surface area contributed by atoms with Crippen LogP contribution in [0.5, 0.6) is 5.75 Å². The van der Waals surface area contributed by atoms with Crippen molar-refractivity contribution in [3.63, 3.8) is 0 Å². The maximum Gasteiger partial charge on any atom is 0.233 e. The quantitative estimate of drug-likeness (QED) is 0.627. The molecule has 0 bridgehead atoms. The summed E-state index contributed by atoms with van der Waals surface area (Å²) in [6.07, 6.45) is 0.941. The second-order valence-electron chi connectivity index (χ2n) is 8.14. The minimum atomic E-state index is -3.26. The standard InChI is InChI=1S/C24H32N2O4S/c1-4-31(28,29)26-16-14-24(15-17-26,21-8-6-5-7-9-21)23(27)25(3)18-19-30-22-12-10-20(2)11-13-22/h5-13H,4,14-19H2,1-3H3. The number of ether oxygens (including phenoxy) is 1. The van der Waals surface area contributed by atoms with Crippen LogP contribution in [0.25, 0.3) is 0 Å². The number of hydrogen-bond donors (Lipinski definition) is 0. The zero-order chi connectivity index (χ0) is 22.5. The van der Waals surface area contributed by atoms with Gasteiger partial charge in [-0.1, -0.05) is 48.0 Å². The summed E-state index contributed by atoms with van der Waals surface area (Å²) >= 11 is 0. The predicted octanol–water partition coefficient (Wildman–Crippen LogP) is 3.22. The Balaban J connectivity index is 1.72. The Morgan fingerprint density at radius 1 is 1.06 bits per heavy atom. The molecule has 1 saturated heterocycles. The summed E-state index contributed by atoms with van der Waals surface area (Å²) < 4.78 is 32.0. The normalized spacial score (nSPS) is 16.6. The number of piperidine rings is 1. The molecule has 1 aliphatic heterocycles. The first-order valence-corrected chi connectivity index (χ1v) is 12.4. The first-order valence-electron chi connectivity index (χ1n) is 10.8. The van der Waals surface area contributed by atoms with Gasteiger partial charge in [0, 0.05) is 20.1 Å². The smallest absolute Gasteiger partial charge is 0.233 e. The molecule has 168 valence electrons. The molecule has 2 aromatic carbocycles. The van der Waals surface area contributed by atoms with Gasteiger partial charge in [0.1, 0.15) is 12.4 Å². The van der Waals surface area contributed by atoms with E-state index in [0.29, 0.717) is 39.1 Å². The predicted molar refractivity (Wildman–Crippen MR) is 123 cm³/mol. The molecule has 0 aromatic heterocycles. The molecule has 0 spiro atoms. The number of carbonyl (C=O) groups is 1. The van der Waals surface area contributed by atoms with Crippen molar-refractivity contribution in [3.8, 4) is 5.75 Å². The van der Waals surface area contributed by atoms with Crippen LogP contribution in [0.4, 0.5) is 0 Å². The highest BCUT2D eigenvalue weighted by atomic mass is 32.2. The topological polar surface area (TPSA) is 66.9 Å². The Labute approximate surface area is 185 Å². The zero-order valence-electron chi connectivity index (χ0n) is 18.6. The van der Waals surface area contributed by atoms with Crippen LogP contribution in [0.3, 0.4) is 0 Å². The van der Waals surface area contributed by atoms with Gasteiger partial charge in [0.2, 0.25) is 15.9 Å². The van der Waals surface area contributed by atoms with E-state index in [1.54, 1.807) is 18.9 Å². The van der Waals surface area contributed by atoms with Gasteiger partial charge >= 0.3 is 0 Å². The number of hydrogen-bond acceptors (Lipinski definition) is 4. The van der Waals surface area contributed by atoms with E-state index >= 15 is 0 Å². The number of carbonyl (C=O) groups excluding carboxylic acids is 1. The van der Waals surface area contributed by atoms with Crippen molar-refractivity contribution in [1.82, 2.24) is 9.21 Å². The highest BCUT2D eigenvalue weighted by Gasteiger charge is 2.45. The van der Waals surface area contributed by atoms with Crippen LogP contribution in [0.2, 0.25) is 0 Å². The third kappa shape index (κ3) is 5.28. The molecule has 0 atom stereocenters. The van der Waals surface area contributed by atoms with Gasteiger partial charge in [0.05, 0.1) is 17.7 Å². The molecule has 3 rings (SSSR count).